The van der Waals surface area contributed by atoms with Crippen molar-refractivity contribution >= 4 is 17.7 Å². The van der Waals surface area contributed by atoms with Crippen molar-refractivity contribution in [2.75, 3.05) is 5.73 Å². The van der Waals surface area contributed by atoms with E-state index in [4.69, 9.17) is 11.6 Å². The SMILES string of the molecule is NNC(=O)/C=C/c1ccccc1N. The Bertz CT molecular complexity index is 333. The van der Waals surface area contributed by atoms with E-state index in [1.54, 1.807) is 12.1 Å². The minimum Gasteiger partial charge on any atom is -0.398 e. The minimum atomic E-state index is -0.358. The molecule has 0 saturated heterocycles. The van der Waals surface area contributed by atoms with Crippen molar-refractivity contribution in [2.45, 2.75) is 0 Å². The van der Waals surface area contributed by atoms with Crippen LogP contribution in [0.25, 0.3) is 6.08 Å². The lowest BCUT2D eigenvalue weighted by molar-refractivity contribution is -0.116. The van der Waals surface area contributed by atoms with Crippen molar-refractivity contribution in [1.29, 1.82) is 0 Å². The van der Waals surface area contributed by atoms with Crippen molar-refractivity contribution in [2.24, 2.45) is 5.84 Å². The van der Waals surface area contributed by atoms with E-state index in [0.717, 1.165) is 5.56 Å². The van der Waals surface area contributed by atoms with Gasteiger partial charge in [0, 0.05) is 11.8 Å². The first-order valence-corrected chi connectivity index (χ1v) is 3.77. The van der Waals surface area contributed by atoms with Crippen LogP contribution in [0.2, 0.25) is 0 Å². The number of para-hydroxylation sites is 1. The molecule has 5 N–H and O–H groups in total. The zero-order chi connectivity index (χ0) is 9.68. The summed E-state index contributed by atoms with van der Waals surface area (Å²) in [5, 5.41) is 0. The van der Waals surface area contributed by atoms with Crippen LogP contribution in [0.4, 0.5) is 5.69 Å². The van der Waals surface area contributed by atoms with Gasteiger partial charge in [0.2, 0.25) is 0 Å². The summed E-state index contributed by atoms with van der Waals surface area (Å²) in [6.07, 6.45) is 2.93. The Morgan fingerprint density at radius 1 is 1.38 bits per heavy atom. The van der Waals surface area contributed by atoms with Gasteiger partial charge in [-0.1, -0.05) is 18.2 Å². The summed E-state index contributed by atoms with van der Waals surface area (Å²) < 4.78 is 0. The number of nitrogens with two attached hydrogens (primary N) is 2. The third-order valence-electron chi connectivity index (χ3n) is 1.55. The molecule has 0 aromatic heterocycles. The Labute approximate surface area is 76.2 Å². The van der Waals surface area contributed by atoms with Gasteiger partial charge in [0.25, 0.3) is 5.91 Å². The van der Waals surface area contributed by atoms with Gasteiger partial charge in [-0.15, -0.1) is 0 Å². The minimum absolute atomic E-state index is 0.358. The second-order valence-electron chi connectivity index (χ2n) is 2.47. The fraction of sp³-hybridized carbons (Fsp3) is 0. The number of amides is 1. The highest BCUT2D eigenvalue weighted by Gasteiger charge is 1.93. The molecule has 0 radical (unpaired) electrons. The number of anilines is 1. The maximum absolute atomic E-state index is 10.7. The van der Waals surface area contributed by atoms with Gasteiger partial charge in [-0.05, 0) is 17.7 Å². The Hall–Kier alpha value is -1.81. The second-order valence-corrected chi connectivity index (χ2v) is 2.47. The first-order chi connectivity index (χ1) is 6.24. The van der Waals surface area contributed by atoms with Crippen molar-refractivity contribution in [3.05, 3.63) is 35.9 Å². The van der Waals surface area contributed by atoms with Crippen molar-refractivity contribution in [3.63, 3.8) is 0 Å². The molecule has 1 aromatic rings. The predicted molar refractivity (Wildman–Crippen MR) is 52.2 cm³/mol. The molecule has 0 heterocycles. The molecule has 1 rings (SSSR count). The zero-order valence-corrected chi connectivity index (χ0v) is 7.03. The summed E-state index contributed by atoms with van der Waals surface area (Å²) in [7, 11) is 0. The summed E-state index contributed by atoms with van der Waals surface area (Å²) in [5.74, 6) is 4.53. The first kappa shape index (κ1) is 9.28. The number of nitrogen functional groups attached to an aromatic ring is 1. The lowest BCUT2D eigenvalue weighted by Gasteiger charge is -1.97. The van der Waals surface area contributed by atoms with Crippen LogP contribution in [0.15, 0.2) is 30.3 Å². The normalized spacial score (nSPS) is 10.2. The molecule has 0 atom stereocenters. The summed E-state index contributed by atoms with van der Waals surface area (Å²) in [4.78, 5) is 10.7. The van der Waals surface area contributed by atoms with Crippen LogP contribution in [-0.4, -0.2) is 5.91 Å². The van der Waals surface area contributed by atoms with Gasteiger partial charge in [0.05, 0.1) is 0 Å². The van der Waals surface area contributed by atoms with E-state index in [1.165, 1.54) is 6.08 Å². The van der Waals surface area contributed by atoms with Gasteiger partial charge >= 0.3 is 0 Å². The molecule has 0 fully saturated rings. The van der Waals surface area contributed by atoms with Crippen LogP contribution >= 0.6 is 0 Å². The maximum Gasteiger partial charge on any atom is 0.257 e. The summed E-state index contributed by atoms with van der Waals surface area (Å²) in [5.41, 5.74) is 9.05. The first-order valence-electron chi connectivity index (χ1n) is 3.77. The number of rotatable bonds is 2. The van der Waals surface area contributed by atoms with Gasteiger partial charge < -0.3 is 5.73 Å². The number of carbonyl (C=O) groups is 1. The average Bonchev–Trinajstić information content (AvgIpc) is 2.16. The van der Waals surface area contributed by atoms with Crippen LogP contribution in [0, 0.1) is 0 Å². The number of nitrogens with one attached hydrogen (secondary N) is 1. The summed E-state index contributed by atoms with van der Waals surface area (Å²) in [6.45, 7) is 0. The van der Waals surface area contributed by atoms with Gasteiger partial charge in [-0.2, -0.15) is 0 Å². The Balaban J connectivity index is 2.80. The van der Waals surface area contributed by atoms with E-state index in [1.807, 2.05) is 23.6 Å². The Morgan fingerprint density at radius 3 is 2.69 bits per heavy atom. The van der Waals surface area contributed by atoms with Gasteiger partial charge in [0.15, 0.2) is 0 Å². The molecule has 1 amide bonds. The highest BCUT2D eigenvalue weighted by molar-refractivity contribution is 5.92. The van der Waals surface area contributed by atoms with E-state index in [9.17, 15) is 4.79 Å². The van der Waals surface area contributed by atoms with Crippen LogP contribution in [-0.2, 0) is 4.79 Å². The number of benzene rings is 1. The molecule has 4 heteroatoms. The lowest BCUT2D eigenvalue weighted by Crippen LogP contribution is -2.27. The molecule has 0 saturated carbocycles. The van der Waals surface area contributed by atoms with E-state index >= 15 is 0 Å². The zero-order valence-electron chi connectivity index (χ0n) is 7.03. The van der Waals surface area contributed by atoms with Gasteiger partial charge in [0.1, 0.15) is 0 Å². The van der Waals surface area contributed by atoms with E-state index in [0.29, 0.717) is 5.69 Å². The molecule has 4 nitrogen and oxygen atoms in total. The van der Waals surface area contributed by atoms with Crippen LogP contribution in [0.3, 0.4) is 0 Å². The topological polar surface area (TPSA) is 81.1 Å². The van der Waals surface area contributed by atoms with Gasteiger partial charge in [-0.3, -0.25) is 10.2 Å². The van der Waals surface area contributed by atoms with E-state index in [2.05, 4.69) is 0 Å². The third kappa shape index (κ3) is 2.61. The Morgan fingerprint density at radius 2 is 2.08 bits per heavy atom. The number of hydrazine groups is 1. The monoisotopic (exact) mass is 177 g/mol. The second kappa shape index (κ2) is 4.27. The van der Waals surface area contributed by atoms with Crippen molar-refractivity contribution in [3.8, 4) is 0 Å². The highest BCUT2D eigenvalue weighted by Crippen LogP contribution is 2.11. The quantitative estimate of drug-likeness (QED) is 0.199. The van der Waals surface area contributed by atoms with E-state index in [-0.39, 0.29) is 5.91 Å². The molecule has 0 unspecified atom stereocenters. The highest BCUT2D eigenvalue weighted by atomic mass is 16.2. The molecule has 0 aliphatic rings. The lowest BCUT2D eigenvalue weighted by atomic mass is 10.1. The Kier molecular flexibility index (Phi) is 3.05. The smallest absolute Gasteiger partial charge is 0.257 e. The van der Waals surface area contributed by atoms with Crippen molar-refractivity contribution < 1.29 is 4.79 Å². The number of carbonyl (C=O) groups excluding carboxylic acids is 1. The summed E-state index contributed by atoms with van der Waals surface area (Å²) in [6, 6.07) is 7.25. The largest absolute Gasteiger partial charge is 0.398 e. The van der Waals surface area contributed by atoms with Gasteiger partial charge in [-0.25, -0.2) is 5.84 Å². The molecule has 0 aliphatic carbocycles. The van der Waals surface area contributed by atoms with Crippen LogP contribution in [0.1, 0.15) is 5.56 Å². The third-order valence-corrected chi connectivity index (χ3v) is 1.55. The summed E-state index contributed by atoms with van der Waals surface area (Å²) >= 11 is 0. The molecule has 13 heavy (non-hydrogen) atoms. The predicted octanol–water partition coefficient (Wildman–Crippen LogP) is 0.272. The fourth-order valence-corrected chi connectivity index (χ4v) is 0.876. The standard InChI is InChI=1S/C9H11N3O/c10-8-4-2-1-3-7(8)5-6-9(13)12-11/h1-6H,10-11H2,(H,12,13)/b6-5+. The van der Waals surface area contributed by atoms with Crippen LogP contribution in [0.5, 0.6) is 0 Å². The number of hydrogen-bond donors (Lipinski definition) is 3. The van der Waals surface area contributed by atoms with E-state index < -0.39 is 0 Å². The average molecular weight is 177 g/mol. The molecule has 0 aliphatic heterocycles. The molecular weight excluding hydrogens is 166 g/mol. The number of hydrogen-bond acceptors (Lipinski definition) is 3. The maximum atomic E-state index is 10.7. The van der Waals surface area contributed by atoms with Crippen molar-refractivity contribution in [1.82, 2.24) is 5.43 Å². The molecule has 1 aromatic carbocycles. The molecular formula is C9H11N3O. The molecule has 68 valence electrons. The molecule has 0 spiro atoms. The fourth-order valence-electron chi connectivity index (χ4n) is 0.876. The molecule has 0 bridgehead atoms. The van der Waals surface area contributed by atoms with Crippen LogP contribution < -0.4 is 17.0 Å².